The molecule has 0 saturated carbocycles. The van der Waals surface area contributed by atoms with E-state index in [2.05, 4.69) is 0 Å². The van der Waals surface area contributed by atoms with E-state index in [0.717, 1.165) is 25.9 Å². The quantitative estimate of drug-likeness (QED) is 0.648. The van der Waals surface area contributed by atoms with Gasteiger partial charge in [-0.2, -0.15) is 17.0 Å². The second-order valence-corrected chi connectivity index (χ2v) is 10.4. The van der Waals surface area contributed by atoms with Crippen LogP contribution in [-0.4, -0.2) is 87.9 Å². The van der Waals surface area contributed by atoms with Crippen molar-refractivity contribution in [1.29, 1.82) is 0 Å². The van der Waals surface area contributed by atoms with Gasteiger partial charge in [-0.05, 0) is 55.9 Å². The summed E-state index contributed by atoms with van der Waals surface area (Å²) < 4.78 is 38.4. The standard InChI is InChI=1S/C21H33N3O5S/c1-22(2)30(26,27)24-13-10-20(11-14-24)29-19-8-6-18(7-9-19)21(25)23-12-4-5-17(15-23)16-28-3/h6-9,17,20H,4-5,10-16H2,1-3H3/t17-/m0/s1. The van der Waals surface area contributed by atoms with Crippen LogP contribution in [0.15, 0.2) is 24.3 Å². The van der Waals surface area contributed by atoms with Gasteiger partial charge in [0.1, 0.15) is 11.9 Å². The molecule has 2 heterocycles. The molecule has 30 heavy (non-hydrogen) atoms. The van der Waals surface area contributed by atoms with Crippen LogP contribution >= 0.6 is 0 Å². The van der Waals surface area contributed by atoms with E-state index in [4.69, 9.17) is 9.47 Å². The first-order chi connectivity index (χ1) is 14.3. The Balaban J connectivity index is 1.52. The number of likely N-dealkylation sites (tertiary alicyclic amines) is 1. The third kappa shape index (κ3) is 5.51. The topological polar surface area (TPSA) is 79.4 Å². The Kier molecular flexibility index (Phi) is 7.73. The van der Waals surface area contributed by atoms with Crippen molar-refractivity contribution in [3.05, 3.63) is 29.8 Å². The number of methoxy groups -OCH3 is 1. The molecule has 0 aromatic heterocycles. The molecule has 1 amide bonds. The third-order valence-electron chi connectivity index (χ3n) is 5.80. The van der Waals surface area contributed by atoms with Crippen molar-refractivity contribution in [2.24, 2.45) is 5.92 Å². The summed E-state index contributed by atoms with van der Waals surface area (Å²) >= 11 is 0. The SMILES string of the molecule is COC[C@H]1CCCN(C(=O)c2ccc(OC3CCN(S(=O)(=O)N(C)C)CC3)cc2)C1. The monoisotopic (exact) mass is 439 g/mol. The minimum atomic E-state index is -3.37. The van der Waals surface area contributed by atoms with Gasteiger partial charge in [-0.15, -0.1) is 0 Å². The number of carbonyl (C=O) groups excluding carboxylic acids is 1. The fourth-order valence-corrected chi connectivity index (χ4v) is 5.22. The van der Waals surface area contributed by atoms with E-state index in [1.54, 1.807) is 21.2 Å². The number of benzene rings is 1. The van der Waals surface area contributed by atoms with E-state index < -0.39 is 10.2 Å². The highest BCUT2D eigenvalue weighted by Crippen LogP contribution is 2.23. The number of carbonyl (C=O) groups is 1. The number of rotatable bonds is 7. The van der Waals surface area contributed by atoms with Crippen molar-refractivity contribution in [2.75, 3.05) is 54.0 Å². The van der Waals surface area contributed by atoms with E-state index in [1.165, 1.54) is 8.61 Å². The maximum atomic E-state index is 12.8. The van der Waals surface area contributed by atoms with Gasteiger partial charge in [-0.1, -0.05) is 0 Å². The number of ether oxygens (including phenoxy) is 2. The lowest BCUT2D eigenvalue weighted by atomic mass is 9.98. The molecule has 2 aliphatic heterocycles. The van der Waals surface area contributed by atoms with Crippen molar-refractivity contribution in [3.63, 3.8) is 0 Å². The molecular weight excluding hydrogens is 406 g/mol. The molecule has 0 spiro atoms. The molecule has 1 aromatic carbocycles. The van der Waals surface area contributed by atoms with Crippen LogP contribution in [0.4, 0.5) is 0 Å². The lowest BCUT2D eigenvalue weighted by molar-refractivity contribution is 0.0571. The maximum Gasteiger partial charge on any atom is 0.281 e. The number of hydrogen-bond donors (Lipinski definition) is 0. The summed E-state index contributed by atoms with van der Waals surface area (Å²) in [6.45, 7) is 3.09. The van der Waals surface area contributed by atoms with E-state index in [-0.39, 0.29) is 12.0 Å². The molecular formula is C21H33N3O5S. The fourth-order valence-electron chi connectivity index (χ4n) is 4.08. The normalized spacial score (nSPS) is 21.7. The van der Waals surface area contributed by atoms with Gasteiger partial charge in [0, 0.05) is 52.9 Å². The average molecular weight is 440 g/mol. The van der Waals surface area contributed by atoms with Gasteiger partial charge in [0.05, 0.1) is 6.61 Å². The number of hydrogen-bond acceptors (Lipinski definition) is 5. The van der Waals surface area contributed by atoms with Crippen molar-refractivity contribution in [1.82, 2.24) is 13.5 Å². The van der Waals surface area contributed by atoms with Crippen LogP contribution < -0.4 is 4.74 Å². The van der Waals surface area contributed by atoms with Crippen LogP contribution in [-0.2, 0) is 14.9 Å². The molecule has 1 aromatic rings. The Morgan fingerprint density at radius 1 is 1.10 bits per heavy atom. The summed E-state index contributed by atoms with van der Waals surface area (Å²) in [7, 11) is 1.42. The zero-order valence-corrected chi connectivity index (χ0v) is 18.9. The highest BCUT2D eigenvalue weighted by Gasteiger charge is 2.30. The van der Waals surface area contributed by atoms with Crippen LogP contribution in [0.2, 0.25) is 0 Å². The number of piperidine rings is 2. The lowest BCUT2D eigenvalue weighted by Gasteiger charge is -2.33. The smallest absolute Gasteiger partial charge is 0.281 e. The predicted octanol–water partition coefficient (Wildman–Crippen LogP) is 1.83. The summed E-state index contributed by atoms with van der Waals surface area (Å²) in [5.74, 6) is 1.15. The van der Waals surface area contributed by atoms with Gasteiger partial charge in [-0.25, -0.2) is 0 Å². The Hall–Kier alpha value is -1.68. The molecule has 0 bridgehead atoms. The summed E-state index contributed by atoms with van der Waals surface area (Å²) in [6.07, 6.45) is 3.35. The van der Waals surface area contributed by atoms with Gasteiger partial charge in [0.25, 0.3) is 16.1 Å². The minimum absolute atomic E-state index is 0.0305. The zero-order valence-electron chi connectivity index (χ0n) is 18.1. The van der Waals surface area contributed by atoms with Crippen molar-refractivity contribution < 1.29 is 22.7 Å². The highest BCUT2D eigenvalue weighted by atomic mass is 32.2. The van der Waals surface area contributed by atoms with Gasteiger partial charge < -0.3 is 14.4 Å². The summed E-state index contributed by atoms with van der Waals surface area (Å²) in [6, 6.07) is 7.27. The molecule has 0 aliphatic carbocycles. The Morgan fingerprint density at radius 3 is 2.37 bits per heavy atom. The highest BCUT2D eigenvalue weighted by molar-refractivity contribution is 7.86. The molecule has 2 saturated heterocycles. The molecule has 0 radical (unpaired) electrons. The van der Waals surface area contributed by atoms with Crippen LogP contribution in [0.1, 0.15) is 36.0 Å². The summed E-state index contributed by atoms with van der Waals surface area (Å²) in [4.78, 5) is 14.7. The van der Waals surface area contributed by atoms with Crippen LogP contribution in [0.25, 0.3) is 0 Å². The van der Waals surface area contributed by atoms with Crippen LogP contribution in [0.3, 0.4) is 0 Å². The zero-order chi connectivity index (χ0) is 21.7. The van der Waals surface area contributed by atoms with E-state index in [1.807, 2.05) is 29.2 Å². The Bertz CT molecular complexity index is 802. The predicted molar refractivity (Wildman–Crippen MR) is 115 cm³/mol. The second-order valence-electron chi connectivity index (χ2n) is 8.25. The molecule has 8 nitrogen and oxygen atoms in total. The molecule has 9 heteroatoms. The van der Waals surface area contributed by atoms with Gasteiger partial charge in [0.15, 0.2) is 0 Å². The van der Waals surface area contributed by atoms with Crippen molar-refractivity contribution in [2.45, 2.75) is 31.8 Å². The fraction of sp³-hybridized carbons (Fsp3) is 0.667. The van der Waals surface area contributed by atoms with Crippen LogP contribution in [0, 0.1) is 5.92 Å². The van der Waals surface area contributed by atoms with E-state index in [9.17, 15) is 13.2 Å². The van der Waals surface area contributed by atoms with E-state index >= 15 is 0 Å². The number of amides is 1. The van der Waals surface area contributed by atoms with Gasteiger partial charge in [-0.3, -0.25) is 4.79 Å². The summed E-state index contributed by atoms with van der Waals surface area (Å²) in [5.41, 5.74) is 0.660. The molecule has 1 atom stereocenters. The molecule has 2 fully saturated rings. The number of nitrogens with zero attached hydrogens (tertiary/aromatic N) is 3. The third-order valence-corrected chi connectivity index (χ3v) is 7.74. The average Bonchev–Trinajstić information content (AvgIpc) is 2.74. The van der Waals surface area contributed by atoms with Crippen LogP contribution in [0.5, 0.6) is 5.75 Å². The summed E-state index contributed by atoms with van der Waals surface area (Å²) in [5, 5.41) is 0. The molecule has 2 aliphatic rings. The van der Waals surface area contributed by atoms with Crippen molar-refractivity contribution in [3.8, 4) is 5.75 Å². The Labute approximate surface area is 179 Å². The first kappa shape index (κ1) is 23.0. The van der Waals surface area contributed by atoms with Crippen molar-refractivity contribution >= 4 is 16.1 Å². The van der Waals surface area contributed by atoms with Gasteiger partial charge >= 0.3 is 0 Å². The second kappa shape index (κ2) is 10.1. The Morgan fingerprint density at radius 2 is 1.77 bits per heavy atom. The van der Waals surface area contributed by atoms with Gasteiger partial charge in [0.2, 0.25) is 0 Å². The van der Waals surface area contributed by atoms with E-state index in [0.29, 0.717) is 49.8 Å². The first-order valence-corrected chi connectivity index (χ1v) is 11.9. The minimum Gasteiger partial charge on any atom is -0.490 e. The maximum absolute atomic E-state index is 12.8. The molecule has 168 valence electrons. The first-order valence-electron chi connectivity index (χ1n) is 10.5. The largest absolute Gasteiger partial charge is 0.490 e. The molecule has 0 unspecified atom stereocenters. The molecule has 0 N–H and O–H groups in total. The lowest BCUT2D eigenvalue weighted by Crippen LogP contribution is -2.46. The molecule has 3 rings (SSSR count).